The van der Waals surface area contributed by atoms with Crippen LogP contribution in [0.15, 0.2) is 42.0 Å². The summed E-state index contributed by atoms with van der Waals surface area (Å²) in [5.74, 6) is 0. The van der Waals surface area contributed by atoms with E-state index in [1.165, 1.54) is 0 Å². The first kappa shape index (κ1) is 11.3. The highest BCUT2D eigenvalue weighted by atomic mass is 32.1. The number of rotatable bonds is 4. The molecule has 2 N–H and O–H groups in total. The Morgan fingerprint density at radius 2 is 2.06 bits per heavy atom. The van der Waals surface area contributed by atoms with E-state index in [2.05, 4.69) is 4.98 Å². The van der Waals surface area contributed by atoms with Crippen LogP contribution in [0.1, 0.15) is 11.3 Å². The largest absolute Gasteiger partial charge is 0.399 e. The number of ether oxygens (including phenoxy) is 1. The van der Waals surface area contributed by atoms with Gasteiger partial charge >= 0.3 is 0 Å². The van der Waals surface area contributed by atoms with Crippen molar-refractivity contribution < 1.29 is 4.74 Å². The molecule has 0 aliphatic carbocycles. The fourth-order valence-corrected chi connectivity index (χ4v) is 2.45. The van der Waals surface area contributed by atoms with E-state index >= 15 is 0 Å². The highest BCUT2D eigenvalue weighted by Gasteiger charge is 2.02. The summed E-state index contributed by atoms with van der Waals surface area (Å²) in [6.45, 7) is 1.10. The number of aromatic nitrogens is 2. The first-order valence-corrected chi connectivity index (χ1v) is 6.52. The van der Waals surface area contributed by atoms with E-state index < -0.39 is 0 Å². The van der Waals surface area contributed by atoms with Gasteiger partial charge in [-0.25, -0.2) is 4.98 Å². The van der Waals surface area contributed by atoms with Gasteiger partial charge in [-0.3, -0.25) is 4.40 Å². The van der Waals surface area contributed by atoms with Gasteiger partial charge in [-0.15, -0.1) is 11.3 Å². The monoisotopic (exact) mass is 259 g/mol. The van der Waals surface area contributed by atoms with Crippen molar-refractivity contribution in [2.45, 2.75) is 13.2 Å². The average Bonchev–Trinajstić information content (AvgIpc) is 2.92. The normalized spacial score (nSPS) is 11.1. The number of hydrogen-bond acceptors (Lipinski definition) is 4. The van der Waals surface area contributed by atoms with Gasteiger partial charge in [0.05, 0.1) is 18.9 Å². The summed E-state index contributed by atoms with van der Waals surface area (Å²) < 4.78 is 7.64. The Morgan fingerprint density at radius 3 is 2.83 bits per heavy atom. The maximum Gasteiger partial charge on any atom is 0.193 e. The summed E-state index contributed by atoms with van der Waals surface area (Å²) in [4.78, 5) is 5.46. The number of imidazole rings is 1. The summed E-state index contributed by atoms with van der Waals surface area (Å²) in [5, 5.41) is 2.02. The molecule has 0 radical (unpaired) electrons. The Bertz CT molecular complexity index is 613. The summed E-state index contributed by atoms with van der Waals surface area (Å²) in [7, 11) is 0. The Balaban J connectivity index is 1.58. The molecular formula is C13H13N3OS. The Labute approximate surface area is 109 Å². The predicted molar refractivity (Wildman–Crippen MR) is 72.4 cm³/mol. The first-order valence-electron chi connectivity index (χ1n) is 5.64. The Morgan fingerprint density at radius 1 is 1.22 bits per heavy atom. The van der Waals surface area contributed by atoms with Gasteiger partial charge in [0, 0.05) is 23.5 Å². The number of thiazole rings is 1. The van der Waals surface area contributed by atoms with Gasteiger partial charge in [-0.2, -0.15) is 0 Å². The van der Waals surface area contributed by atoms with E-state index in [4.69, 9.17) is 10.5 Å². The number of nitrogens with zero attached hydrogens (tertiary/aromatic N) is 2. The van der Waals surface area contributed by atoms with Crippen molar-refractivity contribution in [3.05, 3.63) is 53.3 Å². The van der Waals surface area contributed by atoms with Crippen LogP contribution in [0, 0.1) is 0 Å². The van der Waals surface area contributed by atoms with E-state index in [0.717, 1.165) is 21.9 Å². The second kappa shape index (κ2) is 4.80. The molecule has 18 heavy (non-hydrogen) atoms. The standard InChI is InChI=1S/C13H13N3OS/c14-11-3-1-10(2-4-11)8-17-9-12-7-16-5-6-18-13(16)15-12/h1-7H,8-9,14H2. The quantitative estimate of drug-likeness (QED) is 0.733. The fourth-order valence-electron chi connectivity index (χ4n) is 1.73. The molecule has 4 nitrogen and oxygen atoms in total. The van der Waals surface area contributed by atoms with Gasteiger partial charge in [0.25, 0.3) is 0 Å². The highest BCUT2D eigenvalue weighted by Crippen LogP contribution is 2.13. The number of fused-ring (bicyclic) bond motifs is 1. The molecule has 0 fully saturated rings. The van der Waals surface area contributed by atoms with Crippen molar-refractivity contribution >= 4 is 22.0 Å². The molecule has 0 spiro atoms. The predicted octanol–water partition coefficient (Wildman–Crippen LogP) is 2.69. The molecule has 0 amide bonds. The Hall–Kier alpha value is -1.85. The molecule has 92 valence electrons. The van der Waals surface area contributed by atoms with Gasteiger partial charge < -0.3 is 10.5 Å². The van der Waals surface area contributed by atoms with Crippen molar-refractivity contribution in [2.75, 3.05) is 5.73 Å². The lowest BCUT2D eigenvalue weighted by atomic mass is 10.2. The first-order chi connectivity index (χ1) is 8.81. The number of anilines is 1. The number of benzene rings is 1. The van der Waals surface area contributed by atoms with Crippen molar-refractivity contribution in [1.29, 1.82) is 0 Å². The minimum absolute atomic E-state index is 0.527. The molecule has 0 saturated carbocycles. The fraction of sp³-hybridized carbons (Fsp3) is 0.154. The third-order valence-electron chi connectivity index (χ3n) is 2.64. The number of hydrogen-bond donors (Lipinski definition) is 1. The minimum atomic E-state index is 0.527. The maximum absolute atomic E-state index is 5.63. The smallest absolute Gasteiger partial charge is 0.193 e. The zero-order valence-electron chi connectivity index (χ0n) is 9.74. The van der Waals surface area contributed by atoms with Crippen LogP contribution in [0.4, 0.5) is 5.69 Å². The van der Waals surface area contributed by atoms with Crippen molar-refractivity contribution in [2.24, 2.45) is 0 Å². The minimum Gasteiger partial charge on any atom is -0.399 e. The van der Waals surface area contributed by atoms with E-state index in [-0.39, 0.29) is 0 Å². The van der Waals surface area contributed by atoms with E-state index in [9.17, 15) is 0 Å². The van der Waals surface area contributed by atoms with Crippen molar-refractivity contribution in [1.82, 2.24) is 9.38 Å². The Kier molecular flexibility index (Phi) is 3.00. The second-order valence-corrected chi connectivity index (χ2v) is 4.93. The van der Waals surface area contributed by atoms with Crippen LogP contribution in [0.25, 0.3) is 4.96 Å². The molecule has 0 aliphatic heterocycles. The zero-order valence-corrected chi connectivity index (χ0v) is 10.6. The lowest BCUT2D eigenvalue weighted by Crippen LogP contribution is -1.95. The molecule has 0 saturated heterocycles. The molecule has 3 rings (SSSR count). The summed E-state index contributed by atoms with van der Waals surface area (Å²) >= 11 is 1.62. The molecule has 5 heteroatoms. The van der Waals surface area contributed by atoms with Crippen molar-refractivity contribution in [3.63, 3.8) is 0 Å². The molecule has 0 aliphatic rings. The maximum atomic E-state index is 5.63. The third kappa shape index (κ3) is 2.37. The van der Waals surface area contributed by atoms with E-state index in [1.54, 1.807) is 11.3 Å². The molecule has 2 heterocycles. The zero-order chi connectivity index (χ0) is 12.4. The highest BCUT2D eigenvalue weighted by molar-refractivity contribution is 7.15. The summed E-state index contributed by atoms with van der Waals surface area (Å²) in [5.41, 5.74) is 8.47. The van der Waals surface area contributed by atoms with Crippen LogP contribution >= 0.6 is 11.3 Å². The molecular weight excluding hydrogens is 246 g/mol. The van der Waals surface area contributed by atoms with Gasteiger partial charge in [-0.1, -0.05) is 12.1 Å². The van der Waals surface area contributed by atoms with Crippen LogP contribution in [-0.2, 0) is 18.0 Å². The van der Waals surface area contributed by atoms with E-state index in [1.807, 2.05) is 46.4 Å². The third-order valence-corrected chi connectivity index (χ3v) is 3.41. The van der Waals surface area contributed by atoms with Crippen LogP contribution in [0.3, 0.4) is 0 Å². The van der Waals surface area contributed by atoms with Gasteiger partial charge in [0.1, 0.15) is 0 Å². The van der Waals surface area contributed by atoms with Gasteiger partial charge in [-0.05, 0) is 17.7 Å². The number of nitrogens with two attached hydrogens (primary N) is 1. The number of nitrogen functional groups attached to an aromatic ring is 1. The molecule has 0 unspecified atom stereocenters. The SMILES string of the molecule is Nc1ccc(COCc2cn3ccsc3n2)cc1. The lowest BCUT2D eigenvalue weighted by Gasteiger charge is -2.02. The molecule has 0 bridgehead atoms. The van der Waals surface area contributed by atoms with Crippen LogP contribution in [0.5, 0.6) is 0 Å². The average molecular weight is 259 g/mol. The topological polar surface area (TPSA) is 52.5 Å². The molecule has 2 aromatic heterocycles. The molecule has 3 aromatic rings. The van der Waals surface area contributed by atoms with Crippen LogP contribution in [0.2, 0.25) is 0 Å². The van der Waals surface area contributed by atoms with Crippen LogP contribution < -0.4 is 5.73 Å². The molecule has 0 atom stereocenters. The lowest BCUT2D eigenvalue weighted by molar-refractivity contribution is 0.105. The summed E-state index contributed by atoms with van der Waals surface area (Å²) in [6.07, 6.45) is 3.99. The van der Waals surface area contributed by atoms with Crippen LogP contribution in [-0.4, -0.2) is 9.38 Å². The van der Waals surface area contributed by atoms with E-state index in [0.29, 0.717) is 13.2 Å². The van der Waals surface area contributed by atoms with Gasteiger partial charge in [0.15, 0.2) is 4.96 Å². The summed E-state index contributed by atoms with van der Waals surface area (Å²) in [6, 6.07) is 7.71. The van der Waals surface area contributed by atoms with Gasteiger partial charge in [0.2, 0.25) is 0 Å². The second-order valence-electron chi connectivity index (χ2n) is 4.06. The van der Waals surface area contributed by atoms with Crippen molar-refractivity contribution in [3.8, 4) is 0 Å². The molecule has 1 aromatic carbocycles.